The summed E-state index contributed by atoms with van der Waals surface area (Å²) in [4.78, 5) is 16.6. The second-order valence-corrected chi connectivity index (χ2v) is 10.5. The fraction of sp³-hybridized carbons (Fsp3) is 0.550. The highest BCUT2D eigenvalue weighted by Crippen LogP contribution is 2.26. The second kappa shape index (κ2) is 9.80. The van der Waals surface area contributed by atoms with Gasteiger partial charge in [0.15, 0.2) is 0 Å². The Bertz CT molecular complexity index is 977. The molecule has 0 saturated carbocycles. The van der Waals surface area contributed by atoms with Crippen molar-refractivity contribution in [3.63, 3.8) is 0 Å². The van der Waals surface area contributed by atoms with E-state index in [9.17, 15) is 13.2 Å². The first-order valence-electron chi connectivity index (χ1n) is 10.3. The fourth-order valence-corrected chi connectivity index (χ4v) is 6.24. The van der Waals surface area contributed by atoms with Gasteiger partial charge in [-0.05, 0) is 17.5 Å². The molecule has 4 rings (SSSR count). The fourth-order valence-electron chi connectivity index (χ4n) is 3.90. The van der Waals surface area contributed by atoms with Gasteiger partial charge in [-0.15, -0.1) is 11.3 Å². The molecule has 0 spiro atoms. The van der Waals surface area contributed by atoms with Crippen LogP contribution in [0.3, 0.4) is 0 Å². The molecule has 4 heterocycles. The van der Waals surface area contributed by atoms with E-state index in [2.05, 4.69) is 16.3 Å². The summed E-state index contributed by atoms with van der Waals surface area (Å²) in [6, 6.07) is 5.60. The van der Waals surface area contributed by atoms with Crippen LogP contribution in [0.4, 0.5) is 0 Å². The van der Waals surface area contributed by atoms with E-state index in [-0.39, 0.29) is 16.8 Å². The highest BCUT2D eigenvalue weighted by Gasteiger charge is 2.29. The van der Waals surface area contributed by atoms with E-state index in [0.717, 1.165) is 13.1 Å². The third-order valence-electron chi connectivity index (χ3n) is 5.63. The van der Waals surface area contributed by atoms with Crippen molar-refractivity contribution in [3.8, 4) is 0 Å². The molecular formula is C20H28N4O5S2. The molecule has 1 atom stereocenters. The summed E-state index contributed by atoms with van der Waals surface area (Å²) in [5, 5.41) is 5.04. The van der Waals surface area contributed by atoms with Crippen LogP contribution in [0.15, 0.2) is 34.7 Å². The molecule has 170 valence electrons. The van der Waals surface area contributed by atoms with Crippen molar-refractivity contribution in [1.82, 2.24) is 19.1 Å². The van der Waals surface area contributed by atoms with Crippen LogP contribution in [0.2, 0.25) is 0 Å². The number of aromatic nitrogens is 1. The zero-order valence-electron chi connectivity index (χ0n) is 17.5. The van der Waals surface area contributed by atoms with Crippen LogP contribution < -0.4 is 5.32 Å². The van der Waals surface area contributed by atoms with Gasteiger partial charge in [0.1, 0.15) is 10.6 Å². The van der Waals surface area contributed by atoms with Gasteiger partial charge in [-0.3, -0.25) is 9.69 Å². The summed E-state index contributed by atoms with van der Waals surface area (Å²) in [6.45, 7) is 4.82. The molecule has 9 nitrogen and oxygen atoms in total. The van der Waals surface area contributed by atoms with Gasteiger partial charge in [0.05, 0.1) is 32.5 Å². The molecule has 2 fully saturated rings. The number of morpholine rings is 2. The molecule has 2 aromatic rings. The maximum atomic E-state index is 12.9. The Morgan fingerprint density at radius 1 is 1.16 bits per heavy atom. The molecule has 31 heavy (non-hydrogen) atoms. The number of nitrogens with zero attached hydrogens (tertiary/aromatic N) is 3. The van der Waals surface area contributed by atoms with Crippen molar-refractivity contribution in [1.29, 1.82) is 0 Å². The number of rotatable bonds is 7. The van der Waals surface area contributed by atoms with Gasteiger partial charge in [-0.25, -0.2) is 8.42 Å². The topological polar surface area (TPSA) is 93.1 Å². The summed E-state index contributed by atoms with van der Waals surface area (Å²) in [7, 11) is -1.96. The third kappa shape index (κ3) is 5.02. The molecule has 1 amide bonds. The van der Waals surface area contributed by atoms with Crippen LogP contribution in [-0.4, -0.2) is 87.2 Å². The first kappa shape index (κ1) is 22.4. The van der Waals surface area contributed by atoms with E-state index in [0.29, 0.717) is 51.8 Å². The maximum Gasteiger partial charge on any atom is 0.268 e. The Hall–Kier alpha value is -1.76. The van der Waals surface area contributed by atoms with Gasteiger partial charge >= 0.3 is 0 Å². The molecule has 0 bridgehead atoms. The zero-order valence-corrected chi connectivity index (χ0v) is 19.2. The van der Waals surface area contributed by atoms with Gasteiger partial charge in [-0.1, -0.05) is 6.07 Å². The maximum absolute atomic E-state index is 12.9. The molecule has 2 aromatic heterocycles. The normalized spacial score (nSPS) is 19.9. The van der Waals surface area contributed by atoms with E-state index in [4.69, 9.17) is 9.47 Å². The molecule has 11 heteroatoms. The smallest absolute Gasteiger partial charge is 0.268 e. The number of carbonyl (C=O) groups excluding carboxylic acids is 1. The Morgan fingerprint density at radius 3 is 2.48 bits per heavy atom. The van der Waals surface area contributed by atoms with Crippen molar-refractivity contribution in [2.24, 2.45) is 7.05 Å². The minimum absolute atomic E-state index is 0.0599. The summed E-state index contributed by atoms with van der Waals surface area (Å²) >= 11 is 1.66. The number of thiophene rings is 1. The standard InChI is InChI=1S/C20H28N4O5S2/c1-22-15-16(31(26,27)24-6-10-29-11-7-24)13-17(22)20(25)21-14-18(19-3-2-12-30-19)23-4-8-28-9-5-23/h2-3,12-13,15,18H,4-11,14H2,1H3,(H,21,25)/t18-/m1/s1. The van der Waals surface area contributed by atoms with Crippen LogP contribution >= 0.6 is 11.3 Å². The molecular weight excluding hydrogens is 440 g/mol. The quantitative estimate of drug-likeness (QED) is 0.649. The Labute approximate surface area is 186 Å². The van der Waals surface area contributed by atoms with E-state index < -0.39 is 10.0 Å². The molecule has 0 unspecified atom stereocenters. The Morgan fingerprint density at radius 2 is 1.84 bits per heavy atom. The molecule has 0 aromatic carbocycles. The summed E-state index contributed by atoms with van der Waals surface area (Å²) in [5.74, 6) is -0.291. The molecule has 1 N–H and O–H groups in total. The lowest BCUT2D eigenvalue weighted by molar-refractivity contribution is 0.0169. The van der Waals surface area contributed by atoms with Crippen LogP contribution in [0.1, 0.15) is 21.4 Å². The van der Waals surface area contributed by atoms with Crippen molar-refractivity contribution in [2.75, 3.05) is 59.2 Å². The van der Waals surface area contributed by atoms with E-state index in [1.165, 1.54) is 21.4 Å². The number of hydrogen-bond donors (Lipinski definition) is 1. The molecule has 2 aliphatic heterocycles. The van der Waals surface area contributed by atoms with Gasteiger partial charge < -0.3 is 19.4 Å². The lowest BCUT2D eigenvalue weighted by Gasteiger charge is -2.34. The largest absolute Gasteiger partial charge is 0.379 e. The van der Waals surface area contributed by atoms with E-state index >= 15 is 0 Å². The summed E-state index contributed by atoms with van der Waals surface area (Å²) in [5.41, 5.74) is 0.318. The third-order valence-corrected chi connectivity index (χ3v) is 8.47. The van der Waals surface area contributed by atoms with Crippen molar-refractivity contribution in [3.05, 3.63) is 40.3 Å². The monoisotopic (exact) mass is 468 g/mol. The average Bonchev–Trinajstić information content (AvgIpc) is 3.46. The van der Waals surface area contributed by atoms with Crippen LogP contribution in [0.25, 0.3) is 0 Å². The van der Waals surface area contributed by atoms with Crippen LogP contribution in [-0.2, 0) is 26.5 Å². The summed E-state index contributed by atoms with van der Waals surface area (Å²) in [6.07, 6.45) is 1.50. The van der Waals surface area contributed by atoms with Crippen molar-refractivity contribution in [2.45, 2.75) is 10.9 Å². The summed E-state index contributed by atoms with van der Waals surface area (Å²) < 4.78 is 39.5. The zero-order chi connectivity index (χ0) is 21.8. The lowest BCUT2D eigenvalue weighted by atomic mass is 10.2. The van der Waals surface area contributed by atoms with Crippen molar-refractivity contribution < 1.29 is 22.7 Å². The number of hydrogen-bond acceptors (Lipinski definition) is 7. The lowest BCUT2D eigenvalue weighted by Crippen LogP contribution is -2.43. The number of ether oxygens (including phenoxy) is 2. The van der Waals surface area contributed by atoms with E-state index in [1.54, 1.807) is 23.0 Å². The predicted octanol–water partition coefficient (Wildman–Crippen LogP) is 0.911. The number of carbonyl (C=O) groups is 1. The minimum Gasteiger partial charge on any atom is -0.379 e. The SMILES string of the molecule is Cn1cc(S(=O)(=O)N2CCOCC2)cc1C(=O)NC[C@H](c1cccs1)N1CCOCC1. The second-order valence-electron chi connectivity index (χ2n) is 7.58. The molecule has 0 radical (unpaired) electrons. The van der Waals surface area contributed by atoms with E-state index in [1.807, 2.05) is 11.4 Å². The van der Waals surface area contributed by atoms with Crippen LogP contribution in [0.5, 0.6) is 0 Å². The van der Waals surface area contributed by atoms with Crippen LogP contribution in [0, 0.1) is 0 Å². The minimum atomic E-state index is -3.65. The predicted molar refractivity (Wildman–Crippen MR) is 117 cm³/mol. The number of aryl methyl sites for hydroxylation is 1. The Kier molecular flexibility index (Phi) is 7.09. The van der Waals surface area contributed by atoms with Gasteiger partial charge in [0.25, 0.3) is 5.91 Å². The number of nitrogens with one attached hydrogen (secondary N) is 1. The average molecular weight is 469 g/mol. The molecule has 2 aliphatic rings. The Balaban J connectivity index is 1.46. The number of sulfonamides is 1. The van der Waals surface area contributed by atoms with Gasteiger partial charge in [-0.2, -0.15) is 4.31 Å². The molecule has 0 aliphatic carbocycles. The highest BCUT2D eigenvalue weighted by molar-refractivity contribution is 7.89. The van der Waals surface area contributed by atoms with Gasteiger partial charge in [0, 0.05) is 50.8 Å². The first-order chi connectivity index (χ1) is 15.0. The first-order valence-corrected chi connectivity index (χ1v) is 12.7. The number of amides is 1. The van der Waals surface area contributed by atoms with Gasteiger partial charge in [0.2, 0.25) is 10.0 Å². The highest BCUT2D eigenvalue weighted by atomic mass is 32.2. The van der Waals surface area contributed by atoms with Crippen molar-refractivity contribution >= 4 is 27.3 Å². The molecule has 2 saturated heterocycles.